The van der Waals surface area contributed by atoms with Crippen molar-refractivity contribution in [3.05, 3.63) is 35.8 Å². The predicted octanol–water partition coefficient (Wildman–Crippen LogP) is 2.10. The summed E-state index contributed by atoms with van der Waals surface area (Å²) in [5.74, 6) is -0.219. The number of rotatable bonds is 4. The first kappa shape index (κ1) is 12.1. The number of hydrogen-bond acceptors (Lipinski definition) is 4. The number of aryl methyl sites for hydroxylation is 2. The second-order valence-corrected chi connectivity index (χ2v) is 3.77. The summed E-state index contributed by atoms with van der Waals surface area (Å²) >= 11 is 0. The molecule has 0 saturated heterocycles. The van der Waals surface area contributed by atoms with E-state index in [1.807, 2.05) is 6.92 Å². The summed E-state index contributed by atoms with van der Waals surface area (Å²) < 4.78 is 7.19. The maximum absolute atomic E-state index is 10.9. The third-order valence-electron chi connectivity index (χ3n) is 2.33. The molecule has 18 heavy (non-hydrogen) atoms. The van der Waals surface area contributed by atoms with E-state index in [0.717, 1.165) is 6.54 Å². The van der Waals surface area contributed by atoms with Crippen molar-refractivity contribution in [3.8, 4) is 11.6 Å². The molecule has 0 aliphatic heterocycles. The minimum atomic E-state index is -1.00. The lowest BCUT2D eigenvalue weighted by Crippen LogP contribution is -1.99. The van der Waals surface area contributed by atoms with Gasteiger partial charge in [-0.05, 0) is 19.9 Å². The fourth-order valence-electron chi connectivity index (χ4n) is 1.50. The van der Waals surface area contributed by atoms with E-state index in [9.17, 15) is 4.79 Å². The average Bonchev–Trinajstić information content (AvgIpc) is 2.76. The van der Waals surface area contributed by atoms with Gasteiger partial charge in [0, 0.05) is 18.3 Å². The van der Waals surface area contributed by atoms with Gasteiger partial charge in [-0.15, -0.1) is 0 Å². The second-order valence-electron chi connectivity index (χ2n) is 3.77. The van der Waals surface area contributed by atoms with Crippen molar-refractivity contribution < 1.29 is 14.6 Å². The molecule has 2 aromatic heterocycles. The standard InChI is InChI=1S/C12H13N3O3/c1-3-15-7-10(6-13-15)18-11-5-9(12(16)17)4-8(2)14-11/h4-7H,3H2,1-2H3,(H,16,17). The van der Waals surface area contributed by atoms with Crippen LogP contribution in [0.4, 0.5) is 0 Å². The van der Waals surface area contributed by atoms with Crippen molar-refractivity contribution in [1.82, 2.24) is 14.8 Å². The van der Waals surface area contributed by atoms with E-state index in [4.69, 9.17) is 9.84 Å². The normalized spacial score (nSPS) is 10.3. The monoisotopic (exact) mass is 247 g/mol. The summed E-state index contributed by atoms with van der Waals surface area (Å²) in [6, 6.07) is 2.88. The molecule has 0 atom stereocenters. The molecule has 6 heteroatoms. The van der Waals surface area contributed by atoms with Gasteiger partial charge in [-0.3, -0.25) is 4.68 Å². The Bertz CT molecular complexity index is 578. The molecule has 2 aromatic rings. The van der Waals surface area contributed by atoms with E-state index in [1.54, 1.807) is 24.0 Å². The van der Waals surface area contributed by atoms with Gasteiger partial charge in [0.2, 0.25) is 5.88 Å². The minimum Gasteiger partial charge on any atom is -0.478 e. The van der Waals surface area contributed by atoms with Crippen molar-refractivity contribution in [1.29, 1.82) is 0 Å². The lowest BCUT2D eigenvalue weighted by Gasteiger charge is -2.04. The summed E-state index contributed by atoms with van der Waals surface area (Å²) in [6.45, 7) is 4.42. The second kappa shape index (κ2) is 4.87. The van der Waals surface area contributed by atoms with Crippen molar-refractivity contribution in [2.24, 2.45) is 0 Å². The van der Waals surface area contributed by atoms with Crippen LogP contribution in [0.1, 0.15) is 23.0 Å². The summed E-state index contributed by atoms with van der Waals surface area (Å²) in [4.78, 5) is 15.0. The Labute approximate surface area is 104 Å². The number of carboxylic acids is 1. The van der Waals surface area contributed by atoms with Gasteiger partial charge in [-0.25, -0.2) is 9.78 Å². The van der Waals surface area contributed by atoms with Crippen molar-refractivity contribution in [3.63, 3.8) is 0 Å². The minimum absolute atomic E-state index is 0.153. The SMILES string of the molecule is CCn1cc(Oc2cc(C(=O)O)cc(C)n2)cn1. The van der Waals surface area contributed by atoms with E-state index in [2.05, 4.69) is 10.1 Å². The summed E-state index contributed by atoms with van der Waals surface area (Å²) in [7, 11) is 0. The molecular formula is C12H13N3O3. The van der Waals surface area contributed by atoms with Crippen LogP contribution in [0.25, 0.3) is 0 Å². The van der Waals surface area contributed by atoms with Gasteiger partial charge in [0.05, 0.1) is 18.0 Å². The molecule has 0 spiro atoms. The quantitative estimate of drug-likeness (QED) is 0.895. The Kier molecular flexibility index (Phi) is 3.27. The highest BCUT2D eigenvalue weighted by atomic mass is 16.5. The fraction of sp³-hybridized carbons (Fsp3) is 0.250. The zero-order valence-electron chi connectivity index (χ0n) is 10.1. The topological polar surface area (TPSA) is 77.2 Å². The van der Waals surface area contributed by atoms with Crippen LogP contribution in [-0.2, 0) is 6.54 Å². The smallest absolute Gasteiger partial charge is 0.335 e. The number of carboxylic acid groups (broad SMARTS) is 1. The Hall–Kier alpha value is -2.37. The maximum atomic E-state index is 10.9. The number of pyridine rings is 1. The van der Waals surface area contributed by atoms with Gasteiger partial charge in [0.15, 0.2) is 5.75 Å². The molecule has 2 heterocycles. The van der Waals surface area contributed by atoms with E-state index in [1.165, 1.54) is 12.1 Å². The van der Waals surface area contributed by atoms with Crippen LogP contribution < -0.4 is 4.74 Å². The number of carbonyl (C=O) groups is 1. The number of nitrogens with zero attached hydrogens (tertiary/aromatic N) is 3. The van der Waals surface area contributed by atoms with Crippen LogP contribution in [0.15, 0.2) is 24.5 Å². The van der Waals surface area contributed by atoms with Crippen molar-refractivity contribution in [2.75, 3.05) is 0 Å². The molecule has 0 aliphatic carbocycles. The van der Waals surface area contributed by atoms with E-state index < -0.39 is 5.97 Å². The van der Waals surface area contributed by atoms with Crippen LogP contribution in [0.2, 0.25) is 0 Å². The number of aromatic carboxylic acids is 1. The van der Waals surface area contributed by atoms with E-state index >= 15 is 0 Å². The molecule has 0 unspecified atom stereocenters. The molecule has 0 amide bonds. The van der Waals surface area contributed by atoms with Crippen LogP contribution >= 0.6 is 0 Å². The predicted molar refractivity (Wildman–Crippen MR) is 63.9 cm³/mol. The lowest BCUT2D eigenvalue weighted by atomic mass is 10.2. The van der Waals surface area contributed by atoms with Gasteiger partial charge in [-0.1, -0.05) is 0 Å². The molecule has 0 fully saturated rings. The largest absolute Gasteiger partial charge is 0.478 e. The Morgan fingerprint density at radius 1 is 1.50 bits per heavy atom. The van der Waals surface area contributed by atoms with Crippen LogP contribution in [0, 0.1) is 6.92 Å². The molecule has 0 bridgehead atoms. The van der Waals surface area contributed by atoms with Crippen LogP contribution in [0.5, 0.6) is 11.6 Å². The summed E-state index contributed by atoms with van der Waals surface area (Å²) in [5, 5.41) is 13.0. The summed E-state index contributed by atoms with van der Waals surface area (Å²) in [5.41, 5.74) is 0.744. The Morgan fingerprint density at radius 2 is 2.28 bits per heavy atom. The van der Waals surface area contributed by atoms with Crippen molar-refractivity contribution in [2.45, 2.75) is 20.4 Å². The van der Waals surface area contributed by atoms with E-state index in [0.29, 0.717) is 11.4 Å². The summed E-state index contributed by atoms with van der Waals surface area (Å²) in [6.07, 6.45) is 3.29. The molecule has 0 aliphatic rings. The molecule has 0 aromatic carbocycles. The molecule has 6 nitrogen and oxygen atoms in total. The number of hydrogen-bond donors (Lipinski definition) is 1. The Balaban J connectivity index is 2.25. The van der Waals surface area contributed by atoms with Crippen molar-refractivity contribution >= 4 is 5.97 Å². The van der Waals surface area contributed by atoms with Gasteiger partial charge < -0.3 is 9.84 Å². The zero-order chi connectivity index (χ0) is 13.1. The van der Waals surface area contributed by atoms with Gasteiger partial charge in [-0.2, -0.15) is 5.10 Å². The third kappa shape index (κ3) is 2.65. The highest BCUT2D eigenvalue weighted by molar-refractivity contribution is 5.88. The first-order chi connectivity index (χ1) is 8.58. The molecule has 94 valence electrons. The van der Waals surface area contributed by atoms with Gasteiger partial charge in [0.1, 0.15) is 0 Å². The average molecular weight is 247 g/mol. The number of ether oxygens (including phenoxy) is 1. The maximum Gasteiger partial charge on any atom is 0.335 e. The van der Waals surface area contributed by atoms with Gasteiger partial charge >= 0.3 is 5.97 Å². The van der Waals surface area contributed by atoms with Crippen LogP contribution in [0.3, 0.4) is 0 Å². The first-order valence-electron chi connectivity index (χ1n) is 5.50. The first-order valence-corrected chi connectivity index (χ1v) is 5.50. The molecule has 0 radical (unpaired) electrons. The molecule has 0 saturated carbocycles. The molecule has 1 N–H and O–H groups in total. The van der Waals surface area contributed by atoms with Crippen LogP contribution in [-0.4, -0.2) is 25.8 Å². The molecular weight excluding hydrogens is 234 g/mol. The highest BCUT2D eigenvalue weighted by Gasteiger charge is 2.09. The lowest BCUT2D eigenvalue weighted by molar-refractivity contribution is 0.0696. The Morgan fingerprint density at radius 3 is 2.89 bits per heavy atom. The highest BCUT2D eigenvalue weighted by Crippen LogP contribution is 2.20. The van der Waals surface area contributed by atoms with Gasteiger partial charge in [0.25, 0.3) is 0 Å². The van der Waals surface area contributed by atoms with E-state index in [-0.39, 0.29) is 11.4 Å². The third-order valence-corrected chi connectivity index (χ3v) is 2.33. The fourth-order valence-corrected chi connectivity index (χ4v) is 1.50. The number of aromatic nitrogens is 3. The molecule has 2 rings (SSSR count). The zero-order valence-corrected chi connectivity index (χ0v) is 10.1.